The maximum atomic E-state index is 5.65. The van der Waals surface area contributed by atoms with Gasteiger partial charge in [-0.05, 0) is 18.9 Å². The van der Waals surface area contributed by atoms with Crippen LogP contribution in [0.5, 0.6) is 5.88 Å². The fourth-order valence-electron chi connectivity index (χ4n) is 4.31. The maximum absolute atomic E-state index is 5.65. The molecular weight excluding hydrogens is 332 g/mol. The molecule has 0 amide bonds. The largest absolute Gasteiger partial charge is 0.481 e. The van der Waals surface area contributed by atoms with Crippen molar-refractivity contribution in [3.05, 3.63) is 35.7 Å². The number of rotatable bonds is 3. The molecule has 26 heavy (non-hydrogen) atoms. The van der Waals surface area contributed by atoms with Crippen LogP contribution in [-0.4, -0.2) is 56.7 Å². The molecule has 5 rings (SSSR count). The van der Waals surface area contributed by atoms with Gasteiger partial charge in [-0.1, -0.05) is 0 Å². The molecule has 2 N–H and O–H groups in total. The highest BCUT2D eigenvalue weighted by atomic mass is 16.5. The molecule has 3 aromatic rings. The summed E-state index contributed by atoms with van der Waals surface area (Å²) in [6, 6.07) is 3.81. The molecule has 0 unspecified atom stereocenters. The number of H-pyrrole nitrogens is 2. The van der Waals surface area contributed by atoms with E-state index >= 15 is 0 Å². The van der Waals surface area contributed by atoms with Gasteiger partial charge in [-0.2, -0.15) is 4.98 Å². The molecule has 0 radical (unpaired) electrons. The lowest BCUT2D eigenvalue weighted by Crippen LogP contribution is -2.53. The van der Waals surface area contributed by atoms with Crippen LogP contribution in [0.15, 0.2) is 18.5 Å². The van der Waals surface area contributed by atoms with E-state index in [9.17, 15) is 0 Å². The van der Waals surface area contributed by atoms with Crippen LogP contribution in [0.3, 0.4) is 0 Å². The average Bonchev–Trinajstić information content (AvgIpc) is 3.31. The first kappa shape index (κ1) is 15.8. The van der Waals surface area contributed by atoms with Gasteiger partial charge >= 0.3 is 0 Å². The van der Waals surface area contributed by atoms with E-state index in [1.165, 1.54) is 11.4 Å². The van der Waals surface area contributed by atoms with Crippen LogP contribution in [0, 0.1) is 0 Å². The van der Waals surface area contributed by atoms with E-state index in [0.29, 0.717) is 11.5 Å². The van der Waals surface area contributed by atoms with Gasteiger partial charge in [0, 0.05) is 37.9 Å². The van der Waals surface area contributed by atoms with E-state index in [0.717, 1.165) is 56.9 Å². The third-order valence-electron chi connectivity index (χ3n) is 5.64. The number of ether oxygens (including phenoxy) is 2. The first-order chi connectivity index (χ1) is 12.8. The number of nitrogens with one attached hydrogen (secondary N) is 2. The predicted octanol–water partition coefficient (Wildman–Crippen LogP) is 1.75. The summed E-state index contributed by atoms with van der Waals surface area (Å²) in [5.74, 6) is 1.50. The van der Waals surface area contributed by atoms with Gasteiger partial charge < -0.3 is 19.4 Å². The van der Waals surface area contributed by atoms with Crippen molar-refractivity contribution in [1.82, 2.24) is 29.8 Å². The van der Waals surface area contributed by atoms with E-state index in [-0.39, 0.29) is 5.54 Å². The number of aromatic nitrogens is 5. The molecule has 0 atom stereocenters. The maximum Gasteiger partial charge on any atom is 0.215 e. The Morgan fingerprint density at radius 2 is 2.15 bits per heavy atom. The van der Waals surface area contributed by atoms with Crippen LogP contribution >= 0.6 is 0 Å². The van der Waals surface area contributed by atoms with Crippen LogP contribution in [-0.2, 0) is 23.2 Å². The summed E-state index contributed by atoms with van der Waals surface area (Å²) in [5.41, 5.74) is 4.00. The lowest BCUT2D eigenvalue weighted by molar-refractivity contribution is -0.0459. The van der Waals surface area contributed by atoms with Gasteiger partial charge in [0.15, 0.2) is 5.65 Å². The Kier molecular flexibility index (Phi) is 3.68. The number of aromatic amines is 2. The highest BCUT2D eigenvalue weighted by Gasteiger charge is 2.45. The second-order valence-corrected chi connectivity index (χ2v) is 6.95. The van der Waals surface area contributed by atoms with Gasteiger partial charge in [0.2, 0.25) is 5.88 Å². The summed E-state index contributed by atoms with van der Waals surface area (Å²) in [5, 5.41) is 0. The number of methoxy groups -OCH3 is 1. The van der Waals surface area contributed by atoms with Crippen molar-refractivity contribution in [2.75, 3.05) is 26.9 Å². The van der Waals surface area contributed by atoms with Gasteiger partial charge in [0.25, 0.3) is 0 Å². The Hall–Kier alpha value is -2.45. The van der Waals surface area contributed by atoms with Crippen molar-refractivity contribution < 1.29 is 9.47 Å². The fraction of sp³-hybridized carbons (Fsp3) is 0.500. The summed E-state index contributed by atoms with van der Waals surface area (Å²) in [7, 11) is 1.62. The Labute approximate surface area is 151 Å². The number of imidazole rings is 2. The topological polar surface area (TPSA) is 92.0 Å². The Morgan fingerprint density at radius 3 is 3.00 bits per heavy atom. The van der Waals surface area contributed by atoms with Crippen LogP contribution in [0.25, 0.3) is 11.2 Å². The number of nitrogens with zero attached hydrogens (tertiary/aromatic N) is 4. The zero-order chi connectivity index (χ0) is 17.6. The second-order valence-electron chi connectivity index (χ2n) is 6.95. The number of pyridine rings is 1. The Bertz CT molecular complexity index is 927. The molecular formula is C18H22N6O2. The molecule has 1 saturated heterocycles. The SMILES string of the molecule is COc1ccc2[nH]c(CN3CCc4[nH]cnc4C34CCOCC4)nc2n1. The minimum Gasteiger partial charge on any atom is -0.481 e. The lowest BCUT2D eigenvalue weighted by Gasteiger charge is -2.48. The minimum absolute atomic E-state index is 0.0735. The molecule has 1 fully saturated rings. The van der Waals surface area contributed by atoms with Gasteiger partial charge in [-0.15, -0.1) is 0 Å². The van der Waals surface area contributed by atoms with Crippen molar-refractivity contribution in [1.29, 1.82) is 0 Å². The van der Waals surface area contributed by atoms with E-state index in [1.54, 1.807) is 7.11 Å². The van der Waals surface area contributed by atoms with Crippen molar-refractivity contribution in [2.24, 2.45) is 0 Å². The van der Waals surface area contributed by atoms with Gasteiger partial charge in [0.1, 0.15) is 5.82 Å². The van der Waals surface area contributed by atoms with E-state index in [4.69, 9.17) is 9.47 Å². The van der Waals surface area contributed by atoms with Crippen LogP contribution < -0.4 is 4.74 Å². The summed E-state index contributed by atoms with van der Waals surface area (Å²) in [6.07, 6.45) is 4.71. The monoisotopic (exact) mass is 354 g/mol. The standard InChI is InChI=1S/C18H22N6O2/c1-25-15-3-2-13-17(23-15)22-14(21-13)10-24-7-4-12-16(20-11-19-12)18(24)5-8-26-9-6-18/h2-3,11H,4-10H2,1H3,(H,19,20)(H,21,22,23). The molecule has 5 heterocycles. The molecule has 2 aliphatic heterocycles. The molecule has 8 heteroatoms. The third kappa shape index (κ3) is 2.40. The Morgan fingerprint density at radius 1 is 1.27 bits per heavy atom. The highest BCUT2D eigenvalue weighted by molar-refractivity contribution is 5.71. The van der Waals surface area contributed by atoms with Crippen molar-refractivity contribution in [2.45, 2.75) is 31.3 Å². The number of fused-ring (bicyclic) bond motifs is 3. The molecule has 2 aliphatic rings. The second kappa shape index (κ2) is 6.07. The minimum atomic E-state index is -0.0735. The highest BCUT2D eigenvalue weighted by Crippen LogP contribution is 2.42. The molecule has 0 aromatic carbocycles. The van der Waals surface area contributed by atoms with Gasteiger partial charge in [-0.3, -0.25) is 4.90 Å². The fourth-order valence-corrected chi connectivity index (χ4v) is 4.31. The zero-order valence-electron chi connectivity index (χ0n) is 14.8. The predicted molar refractivity (Wildman–Crippen MR) is 94.9 cm³/mol. The molecule has 8 nitrogen and oxygen atoms in total. The van der Waals surface area contributed by atoms with Crippen LogP contribution in [0.2, 0.25) is 0 Å². The van der Waals surface area contributed by atoms with Gasteiger partial charge in [-0.25, -0.2) is 9.97 Å². The first-order valence-corrected chi connectivity index (χ1v) is 9.04. The number of hydrogen-bond acceptors (Lipinski definition) is 6. The summed E-state index contributed by atoms with van der Waals surface area (Å²) in [6.45, 7) is 3.25. The molecule has 0 aliphatic carbocycles. The summed E-state index contributed by atoms with van der Waals surface area (Å²) < 4.78 is 10.8. The average molecular weight is 354 g/mol. The van der Waals surface area contributed by atoms with E-state index in [2.05, 4.69) is 29.8 Å². The van der Waals surface area contributed by atoms with Crippen molar-refractivity contribution >= 4 is 11.2 Å². The third-order valence-corrected chi connectivity index (χ3v) is 5.64. The van der Waals surface area contributed by atoms with Crippen LogP contribution in [0.1, 0.15) is 30.1 Å². The molecule has 0 bridgehead atoms. The molecule has 136 valence electrons. The summed E-state index contributed by atoms with van der Waals surface area (Å²) in [4.78, 5) is 23.0. The van der Waals surface area contributed by atoms with Crippen molar-refractivity contribution in [3.8, 4) is 5.88 Å². The summed E-state index contributed by atoms with van der Waals surface area (Å²) >= 11 is 0. The smallest absolute Gasteiger partial charge is 0.215 e. The zero-order valence-corrected chi connectivity index (χ0v) is 14.8. The van der Waals surface area contributed by atoms with E-state index in [1.807, 2.05) is 18.5 Å². The number of hydrogen-bond donors (Lipinski definition) is 2. The molecule has 1 spiro atoms. The van der Waals surface area contributed by atoms with Gasteiger partial charge in [0.05, 0.1) is 36.7 Å². The molecule has 0 saturated carbocycles. The van der Waals surface area contributed by atoms with Crippen LogP contribution in [0.4, 0.5) is 0 Å². The Balaban J connectivity index is 1.49. The van der Waals surface area contributed by atoms with Crippen molar-refractivity contribution in [3.63, 3.8) is 0 Å². The first-order valence-electron chi connectivity index (χ1n) is 9.04. The van der Waals surface area contributed by atoms with E-state index < -0.39 is 0 Å². The lowest BCUT2D eigenvalue weighted by atomic mass is 9.80. The quantitative estimate of drug-likeness (QED) is 0.745. The normalized spacial score (nSPS) is 19.7. The molecule has 3 aromatic heterocycles.